The third kappa shape index (κ3) is 7.79. The fourth-order valence-corrected chi connectivity index (χ4v) is 3.61. The summed E-state index contributed by atoms with van der Waals surface area (Å²) in [5.41, 5.74) is -0.636. The Hall–Kier alpha value is -3.44. The number of tetrazole rings is 1. The molecule has 0 spiro atoms. The first-order valence-corrected chi connectivity index (χ1v) is 11.2. The lowest BCUT2D eigenvalue weighted by Gasteiger charge is -2.32. The largest absolute Gasteiger partial charge is 0.444 e. The number of carbonyl (C=O) groups excluding carboxylic acids is 2. The summed E-state index contributed by atoms with van der Waals surface area (Å²) in [5, 5.41) is 14.4. The van der Waals surface area contributed by atoms with Crippen molar-refractivity contribution in [1.29, 1.82) is 0 Å². The Morgan fingerprint density at radius 1 is 1.20 bits per heavy atom. The van der Waals surface area contributed by atoms with Crippen LogP contribution in [0.25, 0.3) is 6.08 Å². The average molecular weight is 495 g/mol. The van der Waals surface area contributed by atoms with Gasteiger partial charge in [-0.3, -0.25) is 4.79 Å². The number of amides is 2. The van der Waals surface area contributed by atoms with Crippen molar-refractivity contribution in [3.63, 3.8) is 0 Å². The van der Waals surface area contributed by atoms with E-state index >= 15 is 0 Å². The van der Waals surface area contributed by atoms with E-state index in [2.05, 4.69) is 20.7 Å². The number of likely N-dealkylation sites (tertiary alicyclic amines) is 1. The quantitative estimate of drug-likeness (QED) is 0.638. The van der Waals surface area contributed by atoms with E-state index in [0.29, 0.717) is 42.9 Å². The number of nitrogens with one attached hydrogen (secondary N) is 1. The highest BCUT2D eigenvalue weighted by Crippen LogP contribution is 2.31. The van der Waals surface area contributed by atoms with Crippen LogP contribution >= 0.6 is 0 Å². The molecule has 35 heavy (non-hydrogen) atoms. The minimum Gasteiger partial charge on any atom is -0.444 e. The monoisotopic (exact) mass is 494 g/mol. The molecule has 1 aliphatic rings. The normalized spacial score (nSPS) is 15.5. The van der Waals surface area contributed by atoms with E-state index in [4.69, 9.17) is 4.74 Å². The zero-order valence-electron chi connectivity index (χ0n) is 20.1. The summed E-state index contributed by atoms with van der Waals surface area (Å²) in [6, 6.07) is 3.22. The molecule has 1 aromatic heterocycles. The topological polar surface area (TPSA) is 102 Å². The van der Waals surface area contributed by atoms with Crippen LogP contribution in [0.2, 0.25) is 0 Å². The van der Waals surface area contributed by atoms with Crippen molar-refractivity contribution in [3.8, 4) is 0 Å². The van der Waals surface area contributed by atoms with Crippen LogP contribution in [0.5, 0.6) is 0 Å². The third-order valence-electron chi connectivity index (χ3n) is 5.27. The van der Waals surface area contributed by atoms with E-state index < -0.39 is 23.4 Å². The minimum absolute atomic E-state index is 0.0274. The van der Waals surface area contributed by atoms with E-state index in [1.165, 1.54) is 23.0 Å². The van der Waals surface area contributed by atoms with Gasteiger partial charge in [0.1, 0.15) is 5.60 Å². The van der Waals surface area contributed by atoms with Crippen LogP contribution in [0.3, 0.4) is 0 Å². The zero-order chi connectivity index (χ0) is 25.8. The number of aryl methyl sites for hydroxylation is 1. The van der Waals surface area contributed by atoms with Gasteiger partial charge in [-0.05, 0) is 75.1 Å². The van der Waals surface area contributed by atoms with Crippen LogP contribution in [0.15, 0.2) is 24.3 Å². The maximum Gasteiger partial charge on any atom is 0.416 e. The molecule has 0 atom stereocenters. The first-order valence-electron chi connectivity index (χ1n) is 11.2. The van der Waals surface area contributed by atoms with E-state index in [0.717, 1.165) is 12.1 Å². The highest BCUT2D eigenvalue weighted by Gasteiger charge is 2.31. The van der Waals surface area contributed by atoms with Gasteiger partial charge in [-0.2, -0.15) is 18.0 Å². The molecular weight excluding hydrogens is 465 g/mol. The molecule has 1 aliphatic heterocycles. The Kier molecular flexibility index (Phi) is 7.81. The molecule has 3 rings (SSSR count). The lowest BCUT2D eigenvalue weighted by molar-refractivity contribution is -0.137. The molecule has 0 bridgehead atoms. The van der Waals surface area contributed by atoms with Gasteiger partial charge >= 0.3 is 12.3 Å². The smallest absolute Gasteiger partial charge is 0.416 e. The average Bonchev–Trinajstić information content (AvgIpc) is 3.15. The maximum atomic E-state index is 13.2. The molecule has 0 saturated carbocycles. The molecule has 1 aromatic carbocycles. The molecule has 9 nitrogen and oxygen atoms in total. The molecule has 0 unspecified atom stereocenters. The van der Waals surface area contributed by atoms with Gasteiger partial charge in [-0.25, -0.2) is 4.79 Å². The number of aromatic nitrogens is 4. The van der Waals surface area contributed by atoms with E-state index in [9.17, 15) is 22.8 Å². The number of carbonyl (C=O) groups is 2. The summed E-state index contributed by atoms with van der Waals surface area (Å²) in [4.78, 5) is 27.5. The van der Waals surface area contributed by atoms with E-state index in [1.807, 2.05) is 0 Å². The Labute approximate surface area is 201 Å². The molecule has 190 valence electrons. The van der Waals surface area contributed by atoms with Crippen LogP contribution in [-0.4, -0.2) is 61.8 Å². The summed E-state index contributed by atoms with van der Waals surface area (Å²) in [6.07, 6.45) is -1.02. The molecule has 1 saturated heterocycles. The Morgan fingerprint density at radius 2 is 1.89 bits per heavy atom. The van der Waals surface area contributed by atoms with Crippen molar-refractivity contribution >= 4 is 18.1 Å². The standard InChI is InChI=1S/C23H29F3N6O3/c1-15-28-30-32(29-15)14-17-13-18(23(24,25)26)7-5-16(17)6-8-20(33)31-11-9-19(10-12-31)27-21(34)35-22(2,3)4/h5-8,13,19H,9-12,14H2,1-4H3,(H,27,34)/b8-6+. The van der Waals surface area contributed by atoms with Gasteiger partial charge in [-0.15, -0.1) is 10.2 Å². The second kappa shape index (κ2) is 10.4. The van der Waals surface area contributed by atoms with Crippen molar-refractivity contribution in [2.24, 2.45) is 0 Å². The lowest BCUT2D eigenvalue weighted by atomic mass is 10.0. The van der Waals surface area contributed by atoms with Crippen LogP contribution < -0.4 is 5.32 Å². The molecule has 12 heteroatoms. The van der Waals surface area contributed by atoms with E-state index in [1.54, 1.807) is 32.6 Å². The van der Waals surface area contributed by atoms with Gasteiger partial charge in [0, 0.05) is 25.2 Å². The van der Waals surface area contributed by atoms with E-state index in [-0.39, 0.29) is 18.5 Å². The van der Waals surface area contributed by atoms with Crippen LogP contribution in [0.4, 0.5) is 18.0 Å². The Balaban J connectivity index is 1.64. The number of alkyl carbamates (subject to hydrolysis) is 1. The summed E-state index contributed by atoms with van der Waals surface area (Å²) in [5.74, 6) is 0.134. The number of nitrogens with zero attached hydrogens (tertiary/aromatic N) is 5. The highest BCUT2D eigenvalue weighted by molar-refractivity contribution is 5.92. The SMILES string of the molecule is Cc1nnn(Cc2cc(C(F)(F)F)ccc2/C=C/C(=O)N2CCC(NC(=O)OC(C)(C)C)CC2)n1. The second-order valence-electron chi connectivity index (χ2n) is 9.36. The number of hydrogen-bond acceptors (Lipinski definition) is 6. The summed E-state index contributed by atoms with van der Waals surface area (Å²) < 4.78 is 44.9. The molecule has 0 radical (unpaired) electrons. The Bertz CT molecular complexity index is 1080. The van der Waals surface area contributed by atoms with Gasteiger partial charge in [0.15, 0.2) is 5.82 Å². The predicted molar refractivity (Wildman–Crippen MR) is 121 cm³/mol. The highest BCUT2D eigenvalue weighted by atomic mass is 19.4. The molecule has 2 amide bonds. The van der Waals surface area contributed by atoms with Crippen molar-refractivity contribution < 1.29 is 27.5 Å². The number of rotatable bonds is 5. The number of piperidine rings is 1. The van der Waals surface area contributed by atoms with Crippen molar-refractivity contribution in [2.75, 3.05) is 13.1 Å². The number of benzene rings is 1. The van der Waals surface area contributed by atoms with Gasteiger partial charge in [0.2, 0.25) is 5.91 Å². The maximum absolute atomic E-state index is 13.2. The van der Waals surface area contributed by atoms with Crippen molar-refractivity contribution in [2.45, 2.75) is 64.9 Å². The third-order valence-corrected chi connectivity index (χ3v) is 5.27. The van der Waals surface area contributed by atoms with Crippen LogP contribution in [0, 0.1) is 6.92 Å². The molecule has 0 aliphatic carbocycles. The molecular formula is C23H29F3N6O3. The van der Waals surface area contributed by atoms with Crippen molar-refractivity contribution in [1.82, 2.24) is 30.4 Å². The second-order valence-corrected chi connectivity index (χ2v) is 9.36. The van der Waals surface area contributed by atoms with Gasteiger partial charge in [-0.1, -0.05) is 6.07 Å². The predicted octanol–water partition coefficient (Wildman–Crippen LogP) is 3.58. The van der Waals surface area contributed by atoms with Crippen LogP contribution in [0.1, 0.15) is 56.1 Å². The zero-order valence-corrected chi connectivity index (χ0v) is 20.1. The lowest BCUT2D eigenvalue weighted by Crippen LogP contribution is -2.47. The van der Waals surface area contributed by atoms with Gasteiger partial charge in [0.25, 0.3) is 0 Å². The first-order chi connectivity index (χ1) is 16.3. The fraction of sp³-hybridized carbons (Fsp3) is 0.522. The van der Waals surface area contributed by atoms with Gasteiger partial charge in [0.05, 0.1) is 12.1 Å². The van der Waals surface area contributed by atoms with Crippen molar-refractivity contribution in [3.05, 3.63) is 46.8 Å². The first kappa shape index (κ1) is 26.2. The van der Waals surface area contributed by atoms with Crippen LogP contribution in [-0.2, 0) is 22.3 Å². The number of alkyl halides is 3. The molecule has 2 heterocycles. The molecule has 2 aromatic rings. The molecule has 1 N–H and O–H groups in total. The minimum atomic E-state index is -4.50. The number of halogens is 3. The summed E-state index contributed by atoms with van der Waals surface area (Å²) >= 11 is 0. The number of hydrogen-bond donors (Lipinski definition) is 1. The molecule has 1 fully saturated rings. The van der Waals surface area contributed by atoms with Gasteiger partial charge < -0.3 is 15.0 Å². The summed E-state index contributed by atoms with van der Waals surface area (Å²) in [7, 11) is 0. The number of ether oxygens (including phenoxy) is 1. The fourth-order valence-electron chi connectivity index (χ4n) is 3.61. The summed E-state index contributed by atoms with van der Waals surface area (Å²) in [6.45, 7) is 7.82. The Morgan fingerprint density at radius 3 is 2.46 bits per heavy atom.